The van der Waals surface area contributed by atoms with E-state index >= 15 is 0 Å². The van der Waals surface area contributed by atoms with Crippen molar-refractivity contribution in [1.29, 1.82) is 0 Å². The first-order chi connectivity index (χ1) is 13.4. The monoisotopic (exact) mass is 417 g/mol. The number of rotatable bonds is 7. The highest BCUT2D eigenvalue weighted by atomic mass is 35.5. The molecule has 1 atom stereocenters. The maximum absolute atomic E-state index is 13.1. The molecule has 0 aliphatic carbocycles. The maximum Gasteiger partial charge on any atom is 0.230 e. The number of halogens is 2. The first kappa shape index (κ1) is 20.4. The molecule has 1 unspecified atom stereocenters. The molecule has 0 bridgehead atoms. The van der Waals surface area contributed by atoms with Gasteiger partial charge < -0.3 is 5.32 Å². The minimum absolute atomic E-state index is 0.0338. The molecule has 4 nitrogen and oxygen atoms in total. The Morgan fingerprint density at radius 2 is 2.04 bits per heavy atom. The van der Waals surface area contributed by atoms with Crippen LogP contribution in [0.1, 0.15) is 29.8 Å². The first-order valence-electron chi connectivity index (χ1n) is 8.86. The van der Waals surface area contributed by atoms with Crippen LogP contribution in [0, 0.1) is 12.7 Å². The number of aromatic nitrogens is 2. The van der Waals surface area contributed by atoms with Crippen molar-refractivity contribution in [3.05, 3.63) is 82.4 Å². The smallest absolute Gasteiger partial charge is 0.230 e. The summed E-state index contributed by atoms with van der Waals surface area (Å²) in [5, 5.41) is 8.09. The second-order valence-electron chi connectivity index (χ2n) is 6.49. The maximum atomic E-state index is 13.1. The van der Waals surface area contributed by atoms with Crippen molar-refractivity contribution < 1.29 is 9.18 Å². The van der Waals surface area contributed by atoms with Gasteiger partial charge in [-0.1, -0.05) is 23.7 Å². The van der Waals surface area contributed by atoms with Gasteiger partial charge in [0.25, 0.3) is 0 Å². The van der Waals surface area contributed by atoms with E-state index in [2.05, 4.69) is 10.4 Å². The van der Waals surface area contributed by atoms with Crippen LogP contribution >= 0.6 is 23.4 Å². The molecular formula is C21H21ClFN3OS. The van der Waals surface area contributed by atoms with Crippen LogP contribution in [0.15, 0.2) is 54.7 Å². The van der Waals surface area contributed by atoms with Gasteiger partial charge in [0.15, 0.2) is 0 Å². The Balaban J connectivity index is 1.56. The first-order valence-corrected chi connectivity index (χ1v) is 10.4. The standard InChI is InChI=1S/C21H21ClFN3OS/c1-14(25-21(27)13-28-12-16-4-3-5-17(22)10-16)20-11-24-26(15(20)2)19-8-6-18(23)7-9-19/h3-11,14H,12-13H2,1-2H3,(H,25,27). The van der Waals surface area contributed by atoms with Crippen LogP contribution in [0.25, 0.3) is 5.69 Å². The molecule has 3 aromatic rings. The van der Waals surface area contributed by atoms with Crippen LogP contribution in [0.2, 0.25) is 5.02 Å². The Kier molecular flexibility index (Phi) is 6.75. The fraction of sp³-hybridized carbons (Fsp3) is 0.238. The van der Waals surface area contributed by atoms with Crippen molar-refractivity contribution in [2.24, 2.45) is 0 Å². The second-order valence-corrected chi connectivity index (χ2v) is 7.91. The predicted octanol–water partition coefficient (Wildman–Crippen LogP) is 5.08. The molecule has 2 aromatic carbocycles. The van der Waals surface area contributed by atoms with E-state index in [0.717, 1.165) is 28.3 Å². The molecule has 0 radical (unpaired) electrons. The van der Waals surface area contributed by atoms with E-state index in [4.69, 9.17) is 11.6 Å². The summed E-state index contributed by atoms with van der Waals surface area (Å²) >= 11 is 7.52. The molecule has 1 amide bonds. The van der Waals surface area contributed by atoms with E-state index in [9.17, 15) is 9.18 Å². The summed E-state index contributed by atoms with van der Waals surface area (Å²) in [6, 6.07) is 13.6. The van der Waals surface area contributed by atoms with Crippen molar-refractivity contribution in [2.45, 2.75) is 25.6 Å². The Morgan fingerprint density at radius 1 is 1.29 bits per heavy atom. The molecule has 1 N–H and O–H groups in total. The molecule has 0 saturated carbocycles. The third-order valence-corrected chi connectivity index (χ3v) is 5.59. The van der Waals surface area contributed by atoms with Crippen LogP contribution in [0.5, 0.6) is 0 Å². The topological polar surface area (TPSA) is 46.9 Å². The average molecular weight is 418 g/mol. The van der Waals surface area contributed by atoms with E-state index in [0.29, 0.717) is 10.8 Å². The fourth-order valence-corrected chi connectivity index (χ4v) is 3.94. The zero-order valence-electron chi connectivity index (χ0n) is 15.7. The number of carbonyl (C=O) groups is 1. The number of hydrogen-bond acceptors (Lipinski definition) is 3. The third-order valence-electron chi connectivity index (χ3n) is 4.35. The van der Waals surface area contributed by atoms with Gasteiger partial charge in [-0.15, -0.1) is 11.8 Å². The summed E-state index contributed by atoms with van der Waals surface area (Å²) in [5.41, 5.74) is 3.71. The van der Waals surface area contributed by atoms with Crippen molar-refractivity contribution >= 4 is 29.3 Å². The van der Waals surface area contributed by atoms with Crippen molar-refractivity contribution in [2.75, 3.05) is 5.75 Å². The van der Waals surface area contributed by atoms with Crippen molar-refractivity contribution in [3.8, 4) is 5.69 Å². The highest BCUT2D eigenvalue weighted by Crippen LogP contribution is 2.21. The third kappa shape index (κ3) is 5.14. The van der Waals surface area contributed by atoms with Gasteiger partial charge in [-0.2, -0.15) is 5.10 Å². The van der Waals surface area contributed by atoms with Crippen molar-refractivity contribution in [1.82, 2.24) is 15.1 Å². The van der Waals surface area contributed by atoms with E-state index in [1.165, 1.54) is 12.1 Å². The van der Waals surface area contributed by atoms with Crippen LogP contribution < -0.4 is 5.32 Å². The van der Waals surface area contributed by atoms with Crippen LogP contribution in [-0.4, -0.2) is 21.4 Å². The number of benzene rings is 2. The van der Waals surface area contributed by atoms with E-state index in [1.807, 2.05) is 38.1 Å². The summed E-state index contributed by atoms with van der Waals surface area (Å²) in [6.45, 7) is 3.86. The lowest BCUT2D eigenvalue weighted by Crippen LogP contribution is -2.28. The number of carbonyl (C=O) groups excluding carboxylic acids is 1. The normalized spacial score (nSPS) is 12.0. The van der Waals surface area contributed by atoms with Gasteiger partial charge in [-0.25, -0.2) is 9.07 Å². The van der Waals surface area contributed by atoms with E-state index in [1.54, 1.807) is 34.8 Å². The van der Waals surface area contributed by atoms with Gasteiger partial charge in [0.2, 0.25) is 5.91 Å². The van der Waals surface area contributed by atoms with Crippen molar-refractivity contribution in [3.63, 3.8) is 0 Å². The Labute approximate surface area is 173 Å². The molecule has 0 saturated heterocycles. The Morgan fingerprint density at radius 3 is 2.75 bits per heavy atom. The molecule has 0 aliphatic heterocycles. The predicted molar refractivity (Wildman–Crippen MR) is 112 cm³/mol. The molecule has 7 heteroatoms. The highest BCUT2D eigenvalue weighted by Gasteiger charge is 2.16. The average Bonchev–Trinajstić information content (AvgIpc) is 3.04. The summed E-state index contributed by atoms with van der Waals surface area (Å²) in [7, 11) is 0. The van der Waals surface area contributed by atoms with Crippen LogP contribution in [0.4, 0.5) is 4.39 Å². The van der Waals surface area contributed by atoms with E-state index in [-0.39, 0.29) is 17.8 Å². The molecule has 1 heterocycles. The number of nitrogens with zero attached hydrogens (tertiary/aromatic N) is 2. The van der Waals surface area contributed by atoms with Crippen LogP contribution in [0.3, 0.4) is 0 Å². The van der Waals surface area contributed by atoms with Gasteiger partial charge in [-0.05, 0) is 55.8 Å². The lowest BCUT2D eigenvalue weighted by atomic mass is 10.1. The summed E-state index contributed by atoms with van der Waals surface area (Å²) in [6.07, 6.45) is 1.74. The highest BCUT2D eigenvalue weighted by molar-refractivity contribution is 7.99. The van der Waals surface area contributed by atoms with Gasteiger partial charge in [0.1, 0.15) is 5.82 Å². The quantitative estimate of drug-likeness (QED) is 0.582. The molecule has 0 aliphatic rings. The van der Waals surface area contributed by atoms with Gasteiger partial charge in [0.05, 0.1) is 23.7 Å². The molecule has 1 aromatic heterocycles. The number of nitrogens with one attached hydrogen (secondary N) is 1. The minimum Gasteiger partial charge on any atom is -0.349 e. The second kappa shape index (κ2) is 9.26. The fourth-order valence-electron chi connectivity index (χ4n) is 2.94. The Bertz CT molecular complexity index is 959. The number of amides is 1. The van der Waals surface area contributed by atoms with Gasteiger partial charge in [-0.3, -0.25) is 4.79 Å². The largest absolute Gasteiger partial charge is 0.349 e. The van der Waals surface area contributed by atoms with Crippen LogP contribution in [-0.2, 0) is 10.5 Å². The molecule has 0 fully saturated rings. The Hall–Kier alpha value is -2.31. The summed E-state index contributed by atoms with van der Waals surface area (Å²) in [5.74, 6) is 0.768. The SMILES string of the molecule is Cc1c(C(C)NC(=O)CSCc2cccc(Cl)c2)cnn1-c1ccc(F)cc1. The molecular weight excluding hydrogens is 397 g/mol. The van der Waals surface area contributed by atoms with Gasteiger partial charge >= 0.3 is 0 Å². The number of thioether (sulfide) groups is 1. The molecule has 3 rings (SSSR count). The van der Waals surface area contributed by atoms with Gasteiger partial charge in [0, 0.05) is 22.0 Å². The number of hydrogen-bond donors (Lipinski definition) is 1. The lowest BCUT2D eigenvalue weighted by Gasteiger charge is -2.14. The minimum atomic E-state index is -0.287. The molecule has 28 heavy (non-hydrogen) atoms. The molecule has 146 valence electrons. The zero-order valence-corrected chi connectivity index (χ0v) is 17.2. The molecule has 0 spiro atoms. The zero-order chi connectivity index (χ0) is 20.1. The lowest BCUT2D eigenvalue weighted by molar-refractivity contribution is -0.119. The summed E-state index contributed by atoms with van der Waals surface area (Å²) in [4.78, 5) is 12.3. The van der Waals surface area contributed by atoms with E-state index < -0.39 is 0 Å². The summed E-state index contributed by atoms with van der Waals surface area (Å²) < 4.78 is 14.9.